The van der Waals surface area contributed by atoms with Crippen LogP contribution in [0.3, 0.4) is 0 Å². The number of H-pyrrole nitrogens is 1. The minimum Gasteiger partial charge on any atom is -0.377 e. The van der Waals surface area contributed by atoms with Gasteiger partial charge in [-0.15, -0.1) is 0 Å². The van der Waals surface area contributed by atoms with Crippen molar-refractivity contribution in [3.05, 3.63) is 42.2 Å². The van der Waals surface area contributed by atoms with Crippen molar-refractivity contribution in [1.29, 1.82) is 0 Å². The lowest BCUT2D eigenvalue weighted by Gasteiger charge is -2.35. The fourth-order valence-corrected chi connectivity index (χ4v) is 4.22. The van der Waals surface area contributed by atoms with Crippen LogP contribution in [0.2, 0.25) is 0 Å². The number of rotatable bonds is 3. The van der Waals surface area contributed by atoms with E-state index in [0.717, 1.165) is 67.4 Å². The number of hydrogen-bond donors (Lipinski definition) is 1. The van der Waals surface area contributed by atoms with Gasteiger partial charge in [-0.1, -0.05) is 6.08 Å². The lowest BCUT2D eigenvalue weighted by Crippen LogP contribution is -2.44. The van der Waals surface area contributed by atoms with E-state index in [4.69, 9.17) is 9.72 Å². The summed E-state index contributed by atoms with van der Waals surface area (Å²) in [6.45, 7) is 6.54. The summed E-state index contributed by atoms with van der Waals surface area (Å²) in [5.74, 6) is 0.997. The first-order chi connectivity index (χ1) is 14.2. The van der Waals surface area contributed by atoms with Gasteiger partial charge in [0, 0.05) is 37.4 Å². The Morgan fingerprint density at radius 2 is 2.14 bits per heavy atom. The van der Waals surface area contributed by atoms with Crippen LogP contribution < -0.4 is 4.90 Å². The number of nitrogens with zero attached hydrogens (tertiary/aromatic N) is 5. The quantitative estimate of drug-likeness (QED) is 0.741. The average Bonchev–Trinajstić information content (AvgIpc) is 3.28. The van der Waals surface area contributed by atoms with Crippen molar-refractivity contribution < 1.29 is 4.74 Å². The van der Waals surface area contributed by atoms with Crippen molar-refractivity contribution in [3.8, 4) is 11.4 Å². The highest BCUT2D eigenvalue weighted by molar-refractivity contribution is 5.99. The summed E-state index contributed by atoms with van der Waals surface area (Å²) in [5.41, 5.74) is 5.30. The van der Waals surface area contributed by atoms with E-state index in [9.17, 15) is 0 Å². The molecule has 3 aromatic rings. The molecule has 5 rings (SSSR count). The number of nitrogens with one attached hydrogen (secondary N) is 1. The standard InChI is InChI=1S/C22H26N6O/c1-15-14-29-12-11-28(15)20-13-18(16-5-9-27(2)10-6-16)17-3-7-23-22(21(17)25-20)19-4-8-24-26-19/h3-5,7-8,13,15H,6,9-12,14H2,1-2H3,(H,24,26)/t15-/m1/s1. The van der Waals surface area contributed by atoms with Gasteiger partial charge in [0.1, 0.15) is 17.0 Å². The van der Waals surface area contributed by atoms with Crippen molar-refractivity contribution in [2.75, 3.05) is 44.8 Å². The number of aromatic amines is 1. The van der Waals surface area contributed by atoms with Crippen LogP contribution in [0.1, 0.15) is 18.9 Å². The molecule has 2 aliphatic rings. The van der Waals surface area contributed by atoms with Gasteiger partial charge in [0.2, 0.25) is 0 Å². The topological polar surface area (TPSA) is 70.2 Å². The molecule has 3 aromatic heterocycles. The molecule has 1 fully saturated rings. The van der Waals surface area contributed by atoms with Crippen LogP contribution >= 0.6 is 0 Å². The lowest BCUT2D eigenvalue weighted by molar-refractivity contribution is 0.0985. The van der Waals surface area contributed by atoms with Crippen molar-refractivity contribution in [1.82, 2.24) is 25.1 Å². The van der Waals surface area contributed by atoms with Crippen molar-refractivity contribution in [2.24, 2.45) is 0 Å². The van der Waals surface area contributed by atoms with E-state index in [0.29, 0.717) is 6.04 Å². The predicted octanol–water partition coefficient (Wildman–Crippen LogP) is 2.96. The Bertz CT molecular complexity index is 1040. The summed E-state index contributed by atoms with van der Waals surface area (Å²) < 4.78 is 5.65. The second-order valence-electron chi connectivity index (χ2n) is 7.91. The number of ether oxygens (including phenoxy) is 1. The van der Waals surface area contributed by atoms with Crippen LogP contribution in [0, 0.1) is 0 Å². The minimum absolute atomic E-state index is 0.292. The summed E-state index contributed by atoms with van der Waals surface area (Å²) in [4.78, 5) is 14.4. The van der Waals surface area contributed by atoms with Crippen LogP contribution in [0.5, 0.6) is 0 Å². The molecular weight excluding hydrogens is 364 g/mol. The van der Waals surface area contributed by atoms with Crippen LogP contribution in [-0.4, -0.2) is 71.0 Å². The van der Waals surface area contributed by atoms with E-state index in [2.05, 4.69) is 57.2 Å². The second kappa shape index (κ2) is 7.57. The zero-order valence-electron chi connectivity index (χ0n) is 16.9. The van der Waals surface area contributed by atoms with Gasteiger partial charge >= 0.3 is 0 Å². The van der Waals surface area contributed by atoms with Crippen molar-refractivity contribution in [3.63, 3.8) is 0 Å². The fraction of sp³-hybridized carbons (Fsp3) is 0.409. The SMILES string of the molecule is C[C@@H]1COCCN1c1cc(C2=CCN(C)CC2)c2ccnc(-c3ccn[nH]3)c2n1. The van der Waals surface area contributed by atoms with E-state index >= 15 is 0 Å². The van der Waals surface area contributed by atoms with Crippen molar-refractivity contribution >= 4 is 22.3 Å². The molecule has 0 amide bonds. The van der Waals surface area contributed by atoms with Gasteiger partial charge in [0.05, 0.1) is 24.9 Å². The van der Waals surface area contributed by atoms with Gasteiger partial charge < -0.3 is 14.5 Å². The monoisotopic (exact) mass is 390 g/mol. The normalized spacial score (nSPS) is 20.8. The Balaban J connectivity index is 1.72. The first kappa shape index (κ1) is 18.3. The number of morpholine rings is 1. The summed E-state index contributed by atoms with van der Waals surface area (Å²) in [5, 5.41) is 8.31. The minimum atomic E-state index is 0.292. The molecule has 0 aliphatic carbocycles. The van der Waals surface area contributed by atoms with E-state index in [1.807, 2.05) is 12.3 Å². The Morgan fingerprint density at radius 3 is 2.90 bits per heavy atom. The molecule has 7 heteroatoms. The first-order valence-corrected chi connectivity index (χ1v) is 10.2. The first-order valence-electron chi connectivity index (χ1n) is 10.2. The highest BCUT2D eigenvalue weighted by Crippen LogP contribution is 2.35. The van der Waals surface area contributed by atoms with Crippen LogP contribution in [-0.2, 0) is 4.74 Å². The number of aromatic nitrogens is 4. The molecule has 2 aliphatic heterocycles. The largest absolute Gasteiger partial charge is 0.377 e. The van der Waals surface area contributed by atoms with E-state index < -0.39 is 0 Å². The van der Waals surface area contributed by atoms with Crippen LogP contribution in [0.15, 0.2) is 36.7 Å². The number of fused-ring (bicyclic) bond motifs is 1. The molecule has 0 unspecified atom stereocenters. The third-order valence-corrected chi connectivity index (χ3v) is 5.89. The number of likely N-dealkylation sites (N-methyl/N-ethyl adjacent to an activating group) is 1. The van der Waals surface area contributed by atoms with E-state index in [1.54, 1.807) is 6.20 Å². The maximum Gasteiger partial charge on any atom is 0.130 e. The van der Waals surface area contributed by atoms with E-state index in [-0.39, 0.29) is 0 Å². The van der Waals surface area contributed by atoms with Gasteiger partial charge in [-0.05, 0) is 49.7 Å². The third-order valence-electron chi connectivity index (χ3n) is 5.89. The molecule has 0 aromatic carbocycles. The van der Waals surface area contributed by atoms with Gasteiger partial charge in [-0.2, -0.15) is 5.10 Å². The molecule has 0 saturated carbocycles. The maximum absolute atomic E-state index is 5.65. The molecule has 1 atom stereocenters. The average molecular weight is 390 g/mol. The third kappa shape index (κ3) is 3.41. The maximum atomic E-state index is 5.65. The molecule has 1 saturated heterocycles. The zero-order chi connectivity index (χ0) is 19.8. The molecular formula is C22H26N6O. The van der Waals surface area contributed by atoms with E-state index in [1.165, 1.54) is 11.1 Å². The Labute approximate surface area is 170 Å². The molecule has 0 bridgehead atoms. The predicted molar refractivity (Wildman–Crippen MR) is 115 cm³/mol. The number of pyridine rings is 2. The van der Waals surface area contributed by atoms with Gasteiger partial charge in [-0.25, -0.2) is 4.98 Å². The smallest absolute Gasteiger partial charge is 0.130 e. The van der Waals surface area contributed by atoms with Crippen molar-refractivity contribution in [2.45, 2.75) is 19.4 Å². The molecule has 150 valence electrons. The Hall–Kier alpha value is -2.77. The summed E-state index contributed by atoms with van der Waals surface area (Å²) in [6.07, 6.45) is 7.01. The Kier molecular flexibility index (Phi) is 4.77. The van der Waals surface area contributed by atoms with Crippen LogP contribution in [0.25, 0.3) is 27.9 Å². The van der Waals surface area contributed by atoms with Gasteiger partial charge in [0.25, 0.3) is 0 Å². The van der Waals surface area contributed by atoms with Crippen LogP contribution in [0.4, 0.5) is 5.82 Å². The number of hydrogen-bond acceptors (Lipinski definition) is 6. The Morgan fingerprint density at radius 1 is 1.21 bits per heavy atom. The molecule has 5 heterocycles. The van der Waals surface area contributed by atoms with Gasteiger partial charge in [-0.3, -0.25) is 10.1 Å². The zero-order valence-corrected chi connectivity index (χ0v) is 16.9. The molecule has 1 N–H and O–H groups in total. The molecule has 0 radical (unpaired) electrons. The fourth-order valence-electron chi connectivity index (χ4n) is 4.22. The molecule has 7 nitrogen and oxygen atoms in total. The number of anilines is 1. The molecule has 0 spiro atoms. The lowest BCUT2D eigenvalue weighted by atomic mass is 9.95. The summed E-state index contributed by atoms with van der Waals surface area (Å²) >= 11 is 0. The summed E-state index contributed by atoms with van der Waals surface area (Å²) in [7, 11) is 2.17. The molecule has 29 heavy (non-hydrogen) atoms. The van der Waals surface area contributed by atoms with Gasteiger partial charge in [0.15, 0.2) is 0 Å². The summed E-state index contributed by atoms with van der Waals surface area (Å²) in [6, 6.07) is 6.59. The second-order valence-corrected chi connectivity index (χ2v) is 7.91. The highest BCUT2D eigenvalue weighted by atomic mass is 16.5. The highest BCUT2D eigenvalue weighted by Gasteiger charge is 2.24.